The Morgan fingerprint density at radius 1 is 1.50 bits per heavy atom. The Bertz CT molecular complexity index is 182. The van der Waals surface area contributed by atoms with E-state index >= 15 is 0 Å². The molecular weight excluding hydrogens is 204 g/mol. The van der Waals surface area contributed by atoms with Gasteiger partial charge in [-0.05, 0) is 20.0 Å². The smallest absolute Gasteiger partial charge is 0.0589 e. The first-order valence-electron chi connectivity index (χ1n) is 6.18. The molecule has 1 rings (SSSR count). The van der Waals surface area contributed by atoms with Gasteiger partial charge in [-0.2, -0.15) is 0 Å². The van der Waals surface area contributed by atoms with Gasteiger partial charge in [0.2, 0.25) is 0 Å². The lowest BCUT2D eigenvalue weighted by molar-refractivity contribution is 0.101. The third kappa shape index (κ3) is 4.37. The van der Waals surface area contributed by atoms with Crippen molar-refractivity contribution in [1.29, 1.82) is 0 Å². The van der Waals surface area contributed by atoms with Crippen LogP contribution >= 0.6 is 0 Å². The van der Waals surface area contributed by atoms with Gasteiger partial charge in [0.1, 0.15) is 0 Å². The van der Waals surface area contributed by atoms with Crippen LogP contribution in [0.25, 0.3) is 0 Å². The first-order chi connectivity index (χ1) is 7.72. The Labute approximate surface area is 99.3 Å². The number of nitrogens with zero attached hydrogens (tertiary/aromatic N) is 1. The number of methoxy groups -OCH3 is 1. The summed E-state index contributed by atoms with van der Waals surface area (Å²) >= 11 is 0. The second kappa shape index (κ2) is 7.22. The summed E-state index contributed by atoms with van der Waals surface area (Å²) in [6, 6.07) is 0. The van der Waals surface area contributed by atoms with E-state index in [-0.39, 0.29) is 0 Å². The fraction of sp³-hybridized carbons (Fsp3) is 1.00. The number of ether oxygens (including phenoxy) is 2. The molecule has 1 saturated heterocycles. The predicted molar refractivity (Wildman–Crippen MR) is 65.8 cm³/mol. The number of likely N-dealkylation sites (N-methyl/N-ethyl adjacent to an activating group) is 1. The van der Waals surface area contributed by atoms with Crippen LogP contribution in [0.15, 0.2) is 0 Å². The zero-order valence-electron chi connectivity index (χ0n) is 10.9. The van der Waals surface area contributed by atoms with Crippen LogP contribution in [0.5, 0.6) is 0 Å². The van der Waals surface area contributed by atoms with Crippen molar-refractivity contribution in [2.45, 2.75) is 13.3 Å². The lowest BCUT2D eigenvalue weighted by atomic mass is 9.86. The zero-order valence-corrected chi connectivity index (χ0v) is 10.9. The van der Waals surface area contributed by atoms with E-state index in [1.165, 1.54) is 0 Å². The molecule has 0 bridgehead atoms. The van der Waals surface area contributed by atoms with E-state index < -0.39 is 0 Å². The molecule has 1 atom stereocenters. The van der Waals surface area contributed by atoms with Crippen molar-refractivity contribution in [2.24, 2.45) is 5.41 Å². The molecule has 96 valence electrons. The summed E-state index contributed by atoms with van der Waals surface area (Å²) in [6.45, 7) is 8.91. The molecule has 1 heterocycles. The van der Waals surface area contributed by atoms with Gasteiger partial charge in [-0.15, -0.1) is 0 Å². The summed E-state index contributed by atoms with van der Waals surface area (Å²) in [6.07, 6.45) is 1.16. The molecule has 0 aromatic heterocycles. The quantitative estimate of drug-likeness (QED) is 0.661. The SMILES string of the molecule is CCNCC1(CN(C)CCOC)CCOC1. The van der Waals surface area contributed by atoms with Crippen molar-refractivity contribution < 1.29 is 9.47 Å². The Morgan fingerprint density at radius 2 is 2.31 bits per heavy atom. The molecule has 1 aliphatic rings. The molecule has 4 nitrogen and oxygen atoms in total. The van der Waals surface area contributed by atoms with Crippen LogP contribution < -0.4 is 5.32 Å². The first-order valence-corrected chi connectivity index (χ1v) is 6.18. The van der Waals surface area contributed by atoms with Gasteiger partial charge in [0.25, 0.3) is 0 Å². The lowest BCUT2D eigenvalue weighted by Gasteiger charge is -2.32. The van der Waals surface area contributed by atoms with Crippen LogP contribution in [0, 0.1) is 5.41 Å². The molecule has 16 heavy (non-hydrogen) atoms. The molecule has 0 aromatic rings. The van der Waals surface area contributed by atoms with Gasteiger partial charge >= 0.3 is 0 Å². The molecule has 0 amide bonds. The van der Waals surface area contributed by atoms with E-state index in [0.29, 0.717) is 5.41 Å². The highest BCUT2D eigenvalue weighted by Crippen LogP contribution is 2.28. The molecule has 0 aliphatic carbocycles. The Kier molecular flexibility index (Phi) is 6.28. The molecular formula is C12H26N2O2. The maximum atomic E-state index is 5.56. The number of rotatable bonds is 8. The topological polar surface area (TPSA) is 33.7 Å². The molecule has 1 unspecified atom stereocenters. The van der Waals surface area contributed by atoms with E-state index in [0.717, 1.165) is 52.4 Å². The minimum Gasteiger partial charge on any atom is -0.383 e. The van der Waals surface area contributed by atoms with Crippen LogP contribution in [-0.2, 0) is 9.47 Å². The molecule has 0 spiro atoms. The minimum atomic E-state index is 0.304. The van der Waals surface area contributed by atoms with E-state index in [1.54, 1.807) is 7.11 Å². The van der Waals surface area contributed by atoms with Gasteiger partial charge in [0.15, 0.2) is 0 Å². The van der Waals surface area contributed by atoms with Crippen molar-refractivity contribution in [3.05, 3.63) is 0 Å². The normalized spacial score (nSPS) is 25.5. The molecule has 1 N–H and O–H groups in total. The monoisotopic (exact) mass is 230 g/mol. The van der Waals surface area contributed by atoms with Crippen LogP contribution in [0.4, 0.5) is 0 Å². The Hall–Kier alpha value is -0.160. The van der Waals surface area contributed by atoms with Crippen LogP contribution in [0.2, 0.25) is 0 Å². The van der Waals surface area contributed by atoms with Crippen LogP contribution in [0.3, 0.4) is 0 Å². The zero-order chi connectivity index (χ0) is 11.9. The summed E-state index contributed by atoms with van der Waals surface area (Å²) in [5.74, 6) is 0. The summed E-state index contributed by atoms with van der Waals surface area (Å²) < 4.78 is 10.7. The maximum absolute atomic E-state index is 5.56. The van der Waals surface area contributed by atoms with E-state index in [4.69, 9.17) is 9.47 Å². The third-order valence-electron chi connectivity index (χ3n) is 3.22. The minimum absolute atomic E-state index is 0.304. The van der Waals surface area contributed by atoms with Crippen molar-refractivity contribution in [3.8, 4) is 0 Å². The molecule has 4 heteroatoms. The maximum Gasteiger partial charge on any atom is 0.0589 e. The summed E-state index contributed by atoms with van der Waals surface area (Å²) in [7, 11) is 3.91. The van der Waals surface area contributed by atoms with Crippen LogP contribution in [-0.4, -0.2) is 65.1 Å². The van der Waals surface area contributed by atoms with Gasteiger partial charge in [0.05, 0.1) is 13.2 Å². The molecule has 1 fully saturated rings. The third-order valence-corrected chi connectivity index (χ3v) is 3.22. The fourth-order valence-corrected chi connectivity index (χ4v) is 2.26. The highest BCUT2D eigenvalue weighted by atomic mass is 16.5. The average molecular weight is 230 g/mol. The highest BCUT2D eigenvalue weighted by molar-refractivity contribution is 4.87. The van der Waals surface area contributed by atoms with Crippen molar-refractivity contribution in [3.63, 3.8) is 0 Å². The molecule has 0 saturated carbocycles. The summed E-state index contributed by atoms with van der Waals surface area (Å²) in [4.78, 5) is 2.34. The fourth-order valence-electron chi connectivity index (χ4n) is 2.26. The highest BCUT2D eigenvalue weighted by Gasteiger charge is 2.35. The lowest BCUT2D eigenvalue weighted by Crippen LogP contribution is -2.44. The second-order valence-corrected chi connectivity index (χ2v) is 4.81. The number of hydrogen-bond donors (Lipinski definition) is 1. The van der Waals surface area contributed by atoms with Crippen LogP contribution in [0.1, 0.15) is 13.3 Å². The molecule has 0 aromatic carbocycles. The van der Waals surface area contributed by atoms with E-state index in [2.05, 4.69) is 24.2 Å². The second-order valence-electron chi connectivity index (χ2n) is 4.81. The Morgan fingerprint density at radius 3 is 2.88 bits per heavy atom. The number of hydrogen-bond acceptors (Lipinski definition) is 4. The van der Waals surface area contributed by atoms with Gasteiger partial charge in [0, 0.05) is 38.8 Å². The van der Waals surface area contributed by atoms with Crippen molar-refractivity contribution in [1.82, 2.24) is 10.2 Å². The van der Waals surface area contributed by atoms with Gasteiger partial charge in [-0.1, -0.05) is 6.92 Å². The van der Waals surface area contributed by atoms with Gasteiger partial charge < -0.3 is 19.7 Å². The van der Waals surface area contributed by atoms with Crippen molar-refractivity contribution in [2.75, 3.05) is 60.2 Å². The van der Waals surface area contributed by atoms with E-state index in [9.17, 15) is 0 Å². The van der Waals surface area contributed by atoms with Crippen molar-refractivity contribution >= 4 is 0 Å². The summed E-state index contributed by atoms with van der Waals surface area (Å²) in [5.41, 5.74) is 0.304. The van der Waals surface area contributed by atoms with Gasteiger partial charge in [-0.25, -0.2) is 0 Å². The summed E-state index contributed by atoms with van der Waals surface area (Å²) in [5, 5.41) is 3.45. The molecule has 0 radical (unpaired) electrons. The van der Waals surface area contributed by atoms with E-state index in [1.807, 2.05) is 0 Å². The molecule has 1 aliphatic heterocycles. The number of nitrogens with one attached hydrogen (secondary N) is 1. The average Bonchev–Trinajstić information content (AvgIpc) is 2.72. The predicted octanol–water partition coefficient (Wildman–Crippen LogP) is 0.581. The van der Waals surface area contributed by atoms with Gasteiger partial charge in [-0.3, -0.25) is 0 Å². The standard InChI is InChI=1S/C12H26N2O2/c1-4-13-9-12(5-7-16-11-12)10-14(2)6-8-15-3/h13H,4-11H2,1-3H3. The first kappa shape index (κ1) is 13.9. The largest absolute Gasteiger partial charge is 0.383 e. The Balaban J connectivity index is 2.37.